The number of nitrogens with zero attached hydrogens (tertiary/aromatic N) is 4. The Morgan fingerprint density at radius 2 is 1.70 bits per heavy atom. The van der Waals surface area contributed by atoms with Crippen molar-refractivity contribution in [3.05, 3.63) is 77.2 Å². The number of para-hydroxylation sites is 1. The van der Waals surface area contributed by atoms with Gasteiger partial charge >= 0.3 is 11.9 Å². The van der Waals surface area contributed by atoms with E-state index in [1.807, 2.05) is 54.6 Å². The van der Waals surface area contributed by atoms with Crippen molar-refractivity contribution < 1.29 is 13.9 Å². The van der Waals surface area contributed by atoms with E-state index in [1.54, 1.807) is 11.8 Å². The molecule has 0 radical (unpaired) electrons. The molecule has 0 N–H and O–H groups in total. The summed E-state index contributed by atoms with van der Waals surface area (Å²) in [6.07, 6.45) is 0. The number of aromatic nitrogens is 3. The molecule has 1 aliphatic heterocycles. The number of amides is 1. The highest BCUT2D eigenvalue weighted by atomic mass is 16.5. The van der Waals surface area contributed by atoms with Crippen LogP contribution in [0, 0.1) is 6.92 Å². The molecule has 0 unspecified atom stereocenters. The lowest BCUT2D eigenvalue weighted by atomic mass is 10.1. The van der Waals surface area contributed by atoms with E-state index in [2.05, 4.69) is 10.1 Å². The van der Waals surface area contributed by atoms with Crippen LogP contribution < -0.4 is 4.74 Å². The van der Waals surface area contributed by atoms with Crippen molar-refractivity contribution in [3.63, 3.8) is 0 Å². The van der Waals surface area contributed by atoms with Crippen LogP contribution in [0.1, 0.15) is 27.4 Å². The molecule has 0 saturated heterocycles. The Hall–Kier alpha value is -3.61. The fourth-order valence-electron chi connectivity index (χ4n) is 3.33. The minimum atomic E-state index is -0.140. The second-order valence-corrected chi connectivity index (χ2v) is 6.44. The van der Waals surface area contributed by atoms with Gasteiger partial charge in [-0.2, -0.15) is 4.52 Å². The van der Waals surface area contributed by atoms with Crippen molar-refractivity contribution in [3.8, 4) is 11.8 Å². The van der Waals surface area contributed by atoms with E-state index in [0.29, 0.717) is 30.3 Å². The van der Waals surface area contributed by atoms with Crippen LogP contribution in [0.2, 0.25) is 0 Å². The Balaban J connectivity index is 1.46. The number of carbonyl (C=O) groups is 1. The van der Waals surface area contributed by atoms with E-state index in [-0.39, 0.29) is 17.8 Å². The predicted octanol–water partition coefficient (Wildman–Crippen LogP) is 3.58. The third-order valence-corrected chi connectivity index (χ3v) is 4.63. The maximum absolute atomic E-state index is 13.1. The molecular formula is C20H16N4O3. The first-order valence-electron chi connectivity index (χ1n) is 8.64. The number of ether oxygens (including phenoxy) is 1. The summed E-state index contributed by atoms with van der Waals surface area (Å²) < 4.78 is 12.7. The predicted molar refractivity (Wildman–Crippen MR) is 96.5 cm³/mol. The SMILES string of the molecule is Cc1oc2nc(Oc3ccccc3)nn2c1C(=O)N1Cc2ccccc2C1. The third-order valence-electron chi connectivity index (χ3n) is 4.63. The molecular weight excluding hydrogens is 344 g/mol. The molecule has 0 atom stereocenters. The van der Waals surface area contributed by atoms with Gasteiger partial charge in [0.25, 0.3) is 5.91 Å². The van der Waals surface area contributed by atoms with Crippen LogP contribution in [-0.4, -0.2) is 25.4 Å². The first-order chi connectivity index (χ1) is 13.2. The van der Waals surface area contributed by atoms with Gasteiger partial charge in [-0.1, -0.05) is 42.5 Å². The minimum absolute atomic E-state index is 0.138. The van der Waals surface area contributed by atoms with Gasteiger partial charge in [0.15, 0.2) is 5.69 Å². The van der Waals surface area contributed by atoms with Crippen molar-refractivity contribution in [1.29, 1.82) is 0 Å². The van der Waals surface area contributed by atoms with Gasteiger partial charge < -0.3 is 14.1 Å². The zero-order valence-electron chi connectivity index (χ0n) is 14.6. The highest BCUT2D eigenvalue weighted by Crippen LogP contribution is 2.27. The van der Waals surface area contributed by atoms with Gasteiger partial charge in [0.1, 0.15) is 11.5 Å². The van der Waals surface area contributed by atoms with Gasteiger partial charge in [-0.05, 0) is 30.2 Å². The maximum atomic E-state index is 13.1. The molecule has 0 bridgehead atoms. The molecule has 1 aliphatic rings. The fraction of sp³-hybridized carbons (Fsp3) is 0.150. The molecule has 0 spiro atoms. The molecule has 1 amide bonds. The van der Waals surface area contributed by atoms with Crippen LogP contribution >= 0.6 is 0 Å². The number of aryl methyl sites for hydroxylation is 1. The topological polar surface area (TPSA) is 72.9 Å². The Morgan fingerprint density at radius 3 is 2.41 bits per heavy atom. The summed E-state index contributed by atoms with van der Waals surface area (Å²) in [5.41, 5.74) is 2.69. The first kappa shape index (κ1) is 15.6. The number of oxazole rings is 1. The average molecular weight is 360 g/mol. The lowest BCUT2D eigenvalue weighted by Crippen LogP contribution is -2.27. The largest absolute Gasteiger partial charge is 0.426 e. The monoisotopic (exact) mass is 360 g/mol. The standard InChI is InChI=1S/C20H16N4O3/c1-13-17(18(25)23-11-14-7-5-6-8-15(14)12-23)24-20(26-13)21-19(22-24)27-16-9-3-2-4-10-16/h2-10H,11-12H2,1H3. The molecule has 7 nitrogen and oxygen atoms in total. The highest BCUT2D eigenvalue weighted by molar-refractivity contribution is 5.94. The van der Waals surface area contributed by atoms with Gasteiger partial charge in [0.05, 0.1) is 0 Å². The number of hydrogen-bond donors (Lipinski definition) is 0. The summed E-state index contributed by atoms with van der Waals surface area (Å²) in [6.45, 7) is 2.89. The lowest BCUT2D eigenvalue weighted by Gasteiger charge is -2.14. The van der Waals surface area contributed by atoms with Crippen molar-refractivity contribution >= 4 is 11.8 Å². The zero-order chi connectivity index (χ0) is 18.4. The molecule has 3 heterocycles. The van der Waals surface area contributed by atoms with Crippen LogP contribution in [-0.2, 0) is 13.1 Å². The number of carbonyl (C=O) groups excluding carboxylic acids is 1. The Kier molecular flexibility index (Phi) is 3.46. The molecule has 0 aliphatic carbocycles. The van der Waals surface area contributed by atoms with E-state index in [9.17, 15) is 4.79 Å². The van der Waals surface area contributed by atoms with Gasteiger partial charge in [0, 0.05) is 13.1 Å². The number of rotatable bonds is 3. The van der Waals surface area contributed by atoms with Gasteiger partial charge in [0.2, 0.25) is 0 Å². The van der Waals surface area contributed by atoms with Crippen LogP contribution in [0.25, 0.3) is 5.84 Å². The summed E-state index contributed by atoms with van der Waals surface area (Å²) in [5.74, 6) is 1.19. The van der Waals surface area contributed by atoms with E-state index in [4.69, 9.17) is 9.15 Å². The molecule has 134 valence electrons. The van der Waals surface area contributed by atoms with E-state index in [0.717, 1.165) is 11.1 Å². The van der Waals surface area contributed by atoms with Crippen molar-refractivity contribution in [1.82, 2.24) is 19.5 Å². The van der Waals surface area contributed by atoms with Crippen molar-refractivity contribution in [2.45, 2.75) is 20.0 Å². The van der Waals surface area contributed by atoms with E-state index < -0.39 is 0 Å². The van der Waals surface area contributed by atoms with Crippen molar-refractivity contribution in [2.75, 3.05) is 0 Å². The first-order valence-corrected chi connectivity index (χ1v) is 8.64. The van der Waals surface area contributed by atoms with Gasteiger partial charge in [-0.3, -0.25) is 4.79 Å². The summed E-state index contributed by atoms with van der Waals surface area (Å²) in [5, 5.41) is 4.31. The van der Waals surface area contributed by atoms with Crippen LogP contribution in [0.3, 0.4) is 0 Å². The summed E-state index contributed by atoms with van der Waals surface area (Å²) >= 11 is 0. The van der Waals surface area contributed by atoms with Gasteiger partial charge in [-0.25, -0.2) is 0 Å². The molecule has 27 heavy (non-hydrogen) atoms. The molecule has 2 aromatic carbocycles. The normalized spacial score (nSPS) is 13.1. The van der Waals surface area contributed by atoms with Crippen LogP contribution in [0.15, 0.2) is 59.0 Å². The summed E-state index contributed by atoms with van der Waals surface area (Å²) in [7, 11) is 0. The second-order valence-electron chi connectivity index (χ2n) is 6.44. The zero-order valence-corrected chi connectivity index (χ0v) is 14.6. The van der Waals surface area contributed by atoms with Crippen LogP contribution in [0.5, 0.6) is 11.8 Å². The Bertz CT molecular complexity index is 1120. The smallest absolute Gasteiger partial charge is 0.344 e. The number of fused-ring (bicyclic) bond motifs is 2. The molecule has 7 heteroatoms. The lowest BCUT2D eigenvalue weighted by molar-refractivity contribution is 0.0741. The number of hydrogen-bond acceptors (Lipinski definition) is 5. The van der Waals surface area contributed by atoms with E-state index >= 15 is 0 Å². The quantitative estimate of drug-likeness (QED) is 0.558. The number of benzene rings is 2. The molecule has 2 aromatic heterocycles. The molecule has 0 saturated carbocycles. The fourth-order valence-corrected chi connectivity index (χ4v) is 3.33. The highest BCUT2D eigenvalue weighted by Gasteiger charge is 2.30. The Labute approximate surface area is 154 Å². The second kappa shape index (κ2) is 5.98. The third kappa shape index (κ3) is 2.64. The van der Waals surface area contributed by atoms with Crippen LogP contribution in [0.4, 0.5) is 0 Å². The Morgan fingerprint density at radius 1 is 1.04 bits per heavy atom. The molecule has 0 fully saturated rings. The van der Waals surface area contributed by atoms with Crippen molar-refractivity contribution in [2.24, 2.45) is 0 Å². The molecule has 5 rings (SSSR count). The van der Waals surface area contributed by atoms with E-state index in [1.165, 1.54) is 4.52 Å². The average Bonchev–Trinajstić information content (AvgIpc) is 3.34. The van der Waals surface area contributed by atoms with Gasteiger partial charge in [-0.15, -0.1) is 10.1 Å². The maximum Gasteiger partial charge on any atom is 0.344 e. The summed E-state index contributed by atoms with van der Waals surface area (Å²) in [6, 6.07) is 17.4. The molecule has 4 aromatic rings. The summed E-state index contributed by atoms with van der Waals surface area (Å²) in [4.78, 5) is 19.1. The minimum Gasteiger partial charge on any atom is -0.426 e.